The second-order valence-corrected chi connectivity index (χ2v) is 8.75. The van der Waals surface area contributed by atoms with Crippen molar-refractivity contribution < 1.29 is 9.53 Å². The molecule has 2 unspecified atom stereocenters. The standard InChI is InChI=1S/C22H32N4O2/c1-25(2)20(27)14-23-21(26-11-9-22(15-26)10-12-28-16-22)24-19-8-7-17-5-3-4-6-18(17)13-19/h3-6,19H,7-16H2,1-2H3,(H,23,24). The Morgan fingerprint density at radius 1 is 1.32 bits per heavy atom. The van der Waals surface area contributed by atoms with E-state index in [1.807, 2.05) is 0 Å². The minimum Gasteiger partial charge on any atom is -0.381 e. The molecule has 6 heteroatoms. The summed E-state index contributed by atoms with van der Waals surface area (Å²) in [5, 5.41) is 3.70. The number of ether oxygens (including phenoxy) is 1. The van der Waals surface area contributed by atoms with E-state index in [0.29, 0.717) is 6.04 Å². The maximum Gasteiger partial charge on any atom is 0.243 e. The van der Waals surface area contributed by atoms with Gasteiger partial charge >= 0.3 is 0 Å². The van der Waals surface area contributed by atoms with E-state index < -0.39 is 0 Å². The molecular formula is C22H32N4O2. The van der Waals surface area contributed by atoms with Crippen molar-refractivity contribution in [2.75, 3.05) is 46.9 Å². The normalized spacial score (nSPS) is 27.1. The molecule has 0 saturated carbocycles. The van der Waals surface area contributed by atoms with Gasteiger partial charge in [0.1, 0.15) is 6.54 Å². The van der Waals surface area contributed by atoms with Crippen LogP contribution in [0.2, 0.25) is 0 Å². The lowest BCUT2D eigenvalue weighted by molar-refractivity contribution is -0.127. The number of carbonyl (C=O) groups excluding carboxylic acids is 1. The van der Waals surface area contributed by atoms with Gasteiger partial charge in [-0.1, -0.05) is 24.3 Å². The Labute approximate surface area is 167 Å². The quantitative estimate of drug-likeness (QED) is 0.637. The number of aliphatic imine (C=N–C) groups is 1. The molecule has 1 aromatic carbocycles. The second kappa shape index (κ2) is 8.11. The van der Waals surface area contributed by atoms with Gasteiger partial charge in [0.15, 0.2) is 5.96 Å². The molecule has 3 aliphatic rings. The number of likely N-dealkylation sites (N-methyl/N-ethyl adjacent to an activating group) is 1. The van der Waals surface area contributed by atoms with E-state index in [9.17, 15) is 4.79 Å². The largest absolute Gasteiger partial charge is 0.381 e. The van der Waals surface area contributed by atoms with Gasteiger partial charge < -0.3 is 19.9 Å². The van der Waals surface area contributed by atoms with E-state index in [1.165, 1.54) is 11.1 Å². The van der Waals surface area contributed by atoms with Crippen LogP contribution in [0.25, 0.3) is 0 Å². The van der Waals surface area contributed by atoms with Crippen LogP contribution in [0.4, 0.5) is 0 Å². The summed E-state index contributed by atoms with van der Waals surface area (Å²) in [5.41, 5.74) is 3.16. The summed E-state index contributed by atoms with van der Waals surface area (Å²) in [6.07, 6.45) is 5.47. The lowest BCUT2D eigenvalue weighted by Gasteiger charge is -2.31. The van der Waals surface area contributed by atoms with Gasteiger partial charge in [-0.25, -0.2) is 4.99 Å². The number of rotatable bonds is 3. The van der Waals surface area contributed by atoms with Crippen molar-refractivity contribution in [3.8, 4) is 0 Å². The molecule has 2 atom stereocenters. The van der Waals surface area contributed by atoms with E-state index in [2.05, 4.69) is 34.5 Å². The second-order valence-electron chi connectivity index (χ2n) is 8.75. The summed E-state index contributed by atoms with van der Waals surface area (Å²) in [6, 6.07) is 9.08. The smallest absolute Gasteiger partial charge is 0.243 e. The van der Waals surface area contributed by atoms with Gasteiger partial charge in [-0.3, -0.25) is 4.79 Å². The molecule has 1 amide bonds. The summed E-state index contributed by atoms with van der Waals surface area (Å²) in [7, 11) is 3.56. The third-order valence-electron chi connectivity index (χ3n) is 6.47. The minimum absolute atomic E-state index is 0.0337. The lowest BCUT2D eigenvalue weighted by Crippen LogP contribution is -2.48. The van der Waals surface area contributed by atoms with Gasteiger partial charge in [-0.15, -0.1) is 0 Å². The molecular weight excluding hydrogens is 352 g/mol. The minimum atomic E-state index is 0.0337. The van der Waals surface area contributed by atoms with Crippen molar-refractivity contribution in [2.45, 2.75) is 38.1 Å². The number of nitrogens with one attached hydrogen (secondary N) is 1. The maximum atomic E-state index is 12.1. The van der Waals surface area contributed by atoms with Gasteiger partial charge in [0.25, 0.3) is 0 Å². The third-order valence-corrected chi connectivity index (χ3v) is 6.47. The van der Waals surface area contributed by atoms with Crippen LogP contribution < -0.4 is 5.32 Å². The Hall–Kier alpha value is -2.08. The summed E-state index contributed by atoms with van der Waals surface area (Å²) in [4.78, 5) is 20.8. The first-order valence-corrected chi connectivity index (χ1v) is 10.5. The Balaban J connectivity index is 1.47. The van der Waals surface area contributed by atoms with Crippen molar-refractivity contribution in [1.29, 1.82) is 0 Å². The van der Waals surface area contributed by atoms with E-state index in [0.717, 1.165) is 64.4 Å². The van der Waals surface area contributed by atoms with Crippen molar-refractivity contribution in [1.82, 2.24) is 15.1 Å². The number of hydrogen-bond donors (Lipinski definition) is 1. The molecule has 1 aromatic rings. The molecule has 1 spiro atoms. The molecule has 0 bridgehead atoms. The van der Waals surface area contributed by atoms with Crippen molar-refractivity contribution >= 4 is 11.9 Å². The molecule has 0 radical (unpaired) electrons. The van der Waals surface area contributed by atoms with Crippen LogP contribution in [0.5, 0.6) is 0 Å². The van der Waals surface area contributed by atoms with Crippen LogP contribution in [-0.2, 0) is 22.4 Å². The molecule has 2 fully saturated rings. The predicted molar refractivity (Wildman–Crippen MR) is 110 cm³/mol. The first kappa shape index (κ1) is 19.2. The predicted octanol–water partition coefficient (Wildman–Crippen LogP) is 1.69. The fraction of sp³-hybridized carbons (Fsp3) is 0.636. The summed E-state index contributed by atoms with van der Waals surface area (Å²) < 4.78 is 5.68. The highest BCUT2D eigenvalue weighted by Gasteiger charge is 2.42. The summed E-state index contributed by atoms with van der Waals surface area (Å²) >= 11 is 0. The molecule has 2 saturated heterocycles. The van der Waals surface area contributed by atoms with Crippen LogP contribution in [0.15, 0.2) is 29.3 Å². The topological polar surface area (TPSA) is 57.2 Å². The highest BCUT2D eigenvalue weighted by Crippen LogP contribution is 2.38. The Kier molecular flexibility index (Phi) is 5.58. The van der Waals surface area contributed by atoms with Gasteiger partial charge in [0, 0.05) is 45.2 Å². The average Bonchev–Trinajstić information content (AvgIpc) is 3.34. The third kappa shape index (κ3) is 4.17. The summed E-state index contributed by atoms with van der Waals surface area (Å²) in [6.45, 7) is 3.86. The average molecular weight is 385 g/mol. The van der Waals surface area contributed by atoms with Crippen LogP contribution in [-0.4, -0.2) is 74.7 Å². The van der Waals surface area contributed by atoms with Crippen molar-refractivity contribution in [3.63, 3.8) is 0 Å². The Morgan fingerprint density at radius 2 is 2.14 bits per heavy atom. The zero-order chi connectivity index (χ0) is 19.6. The van der Waals surface area contributed by atoms with Crippen LogP contribution in [0, 0.1) is 5.41 Å². The first-order valence-electron chi connectivity index (χ1n) is 10.5. The molecule has 0 aromatic heterocycles. The van der Waals surface area contributed by atoms with Crippen LogP contribution in [0.3, 0.4) is 0 Å². The number of hydrogen-bond acceptors (Lipinski definition) is 3. The Morgan fingerprint density at radius 3 is 2.89 bits per heavy atom. The van der Waals surface area contributed by atoms with E-state index in [-0.39, 0.29) is 17.9 Å². The molecule has 1 aliphatic carbocycles. The SMILES string of the molecule is CN(C)C(=O)CN=C(NC1CCc2ccccc2C1)N1CCC2(CCOC2)C1. The maximum absolute atomic E-state index is 12.1. The van der Waals surface area contributed by atoms with Crippen molar-refractivity contribution in [3.05, 3.63) is 35.4 Å². The number of carbonyl (C=O) groups is 1. The van der Waals surface area contributed by atoms with Gasteiger partial charge in [-0.05, 0) is 43.2 Å². The number of benzene rings is 1. The van der Waals surface area contributed by atoms with Gasteiger partial charge in [0.05, 0.1) is 6.61 Å². The van der Waals surface area contributed by atoms with Gasteiger partial charge in [0.2, 0.25) is 5.91 Å². The molecule has 4 rings (SSSR count). The zero-order valence-electron chi connectivity index (χ0n) is 17.1. The number of guanidine groups is 1. The zero-order valence-corrected chi connectivity index (χ0v) is 17.1. The first-order chi connectivity index (χ1) is 13.5. The lowest BCUT2D eigenvalue weighted by atomic mass is 9.87. The Bertz CT molecular complexity index is 740. The monoisotopic (exact) mass is 384 g/mol. The van der Waals surface area contributed by atoms with Gasteiger partial charge in [-0.2, -0.15) is 0 Å². The fourth-order valence-electron chi connectivity index (χ4n) is 4.61. The number of nitrogens with zero attached hydrogens (tertiary/aromatic N) is 3. The fourth-order valence-corrected chi connectivity index (χ4v) is 4.61. The molecule has 1 N–H and O–H groups in total. The molecule has 28 heavy (non-hydrogen) atoms. The molecule has 2 aliphatic heterocycles. The number of amides is 1. The summed E-state index contributed by atoms with van der Waals surface area (Å²) in [5.74, 6) is 0.926. The number of aryl methyl sites for hydroxylation is 1. The highest BCUT2D eigenvalue weighted by molar-refractivity contribution is 5.85. The van der Waals surface area contributed by atoms with Crippen molar-refractivity contribution in [2.24, 2.45) is 10.4 Å². The van der Waals surface area contributed by atoms with E-state index in [4.69, 9.17) is 9.73 Å². The molecule has 2 heterocycles. The molecule has 6 nitrogen and oxygen atoms in total. The van der Waals surface area contributed by atoms with E-state index in [1.54, 1.807) is 19.0 Å². The number of likely N-dealkylation sites (tertiary alicyclic amines) is 1. The number of fused-ring (bicyclic) bond motifs is 1. The highest BCUT2D eigenvalue weighted by atomic mass is 16.5. The van der Waals surface area contributed by atoms with Crippen LogP contribution in [0.1, 0.15) is 30.4 Å². The van der Waals surface area contributed by atoms with E-state index >= 15 is 0 Å². The van der Waals surface area contributed by atoms with Crippen LogP contribution >= 0.6 is 0 Å². The molecule has 152 valence electrons.